The number of anilines is 1. The van der Waals surface area contributed by atoms with E-state index in [1.165, 1.54) is 5.56 Å². The zero-order chi connectivity index (χ0) is 9.26. The van der Waals surface area contributed by atoms with E-state index in [1.807, 2.05) is 16.7 Å². The highest BCUT2D eigenvalue weighted by atomic mass is 15.1. The largest absolute Gasteiger partial charge is 0.382 e. The summed E-state index contributed by atoms with van der Waals surface area (Å²) in [4.78, 5) is 3.96. The molecule has 0 radical (unpaired) electrons. The van der Waals surface area contributed by atoms with Crippen LogP contribution in [0.4, 0.5) is 5.82 Å². The Balaban J connectivity index is 2.46. The van der Waals surface area contributed by atoms with Gasteiger partial charge >= 0.3 is 0 Å². The second kappa shape index (κ2) is 2.94. The van der Waals surface area contributed by atoms with Crippen LogP contribution in [0.3, 0.4) is 0 Å². The lowest BCUT2D eigenvalue weighted by molar-refractivity contribution is 1.05. The highest BCUT2D eigenvalue weighted by Gasteiger charge is 1.96. The molecule has 13 heavy (non-hydrogen) atoms. The molecule has 0 unspecified atom stereocenters. The summed E-state index contributed by atoms with van der Waals surface area (Å²) in [6.07, 6.45) is 3.51. The van der Waals surface area contributed by atoms with E-state index in [0.29, 0.717) is 5.82 Å². The maximum Gasteiger partial charge on any atom is 0.141 e. The summed E-state index contributed by atoms with van der Waals surface area (Å²) in [5, 5.41) is 0. The molecule has 3 heteroatoms. The Bertz CT molecular complexity index is 418. The van der Waals surface area contributed by atoms with Gasteiger partial charge in [0, 0.05) is 5.69 Å². The molecule has 0 aliphatic rings. The van der Waals surface area contributed by atoms with Crippen molar-refractivity contribution in [1.29, 1.82) is 0 Å². The van der Waals surface area contributed by atoms with Crippen LogP contribution in [-0.4, -0.2) is 9.55 Å². The number of nitrogens with two attached hydrogens (primary N) is 1. The predicted molar refractivity (Wildman–Crippen MR) is 52.7 cm³/mol. The number of benzene rings is 1. The Kier molecular flexibility index (Phi) is 1.77. The molecule has 0 amide bonds. The van der Waals surface area contributed by atoms with Crippen LogP contribution in [0, 0.1) is 6.92 Å². The molecule has 0 aliphatic carbocycles. The fourth-order valence-electron chi connectivity index (χ4n) is 1.27. The molecule has 0 atom stereocenters. The number of rotatable bonds is 1. The van der Waals surface area contributed by atoms with Crippen LogP contribution in [0.2, 0.25) is 0 Å². The van der Waals surface area contributed by atoms with Crippen LogP contribution in [0.1, 0.15) is 5.56 Å². The van der Waals surface area contributed by atoms with Gasteiger partial charge in [0.25, 0.3) is 0 Å². The van der Waals surface area contributed by atoms with E-state index in [0.717, 1.165) is 5.69 Å². The summed E-state index contributed by atoms with van der Waals surface area (Å²) in [7, 11) is 0. The molecule has 1 aromatic carbocycles. The lowest BCUT2D eigenvalue weighted by Gasteiger charge is -2.01. The third-order valence-corrected chi connectivity index (χ3v) is 1.90. The van der Waals surface area contributed by atoms with Gasteiger partial charge in [0.1, 0.15) is 12.1 Å². The third-order valence-electron chi connectivity index (χ3n) is 1.90. The van der Waals surface area contributed by atoms with E-state index in [1.54, 1.807) is 12.5 Å². The standard InChI is InChI=1S/C10H11N3/c1-8-3-2-4-9(5-8)13-6-10(11)12-7-13/h2-7H,11H2,1H3. The minimum Gasteiger partial charge on any atom is -0.382 e. The van der Waals surface area contributed by atoms with Crippen molar-refractivity contribution < 1.29 is 0 Å². The van der Waals surface area contributed by atoms with Gasteiger partial charge in [0.15, 0.2) is 0 Å². The molecular weight excluding hydrogens is 162 g/mol. The molecule has 2 N–H and O–H groups in total. The SMILES string of the molecule is Cc1cccc(-n2cnc(N)c2)c1. The van der Waals surface area contributed by atoms with E-state index >= 15 is 0 Å². The molecule has 2 rings (SSSR count). The third kappa shape index (κ3) is 1.54. The van der Waals surface area contributed by atoms with Crippen LogP contribution in [-0.2, 0) is 0 Å². The van der Waals surface area contributed by atoms with Gasteiger partial charge in [-0.05, 0) is 24.6 Å². The van der Waals surface area contributed by atoms with Gasteiger partial charge in [-0.1, -0.05) is 12.1 Å². The second-order valence-corrected chi connectivity index (χ2v) is 3.04. The number of imidazole rings is 1. The average molecular weight is 173 g/mol. The van der Waals surface area contributed by atoms with E-state index in [2.05, 4.69) is 24.0 Å². The first-order chi connectivity index (χ1) is 6.25. The summed E-state index contributed by atoms with van der Waals surface area (Å²) in [6, 6.07) is 8.18. The number of aromatic nitrogens is 2. The lowest BCUT2D eigenvalue weighted by atomic mass is 10.2. The van der Waals surface area contributed by atoms with Crippen LogP contribution in [0.25, 0.3) is 5.69 Å². The van der Waals surface area contributed by atoms with Crippen LogP contribution in [0.15, 0.2) is 36.8 Å². The molecule has 2 aromatic rings. The molecule has 0 fully saturated rings. The monoisotopic (exact) mass is 173 g/mol. The topological polar surface area (TPSA) is 43.8 Å². The van der Waals surface area contributed by atoms with Crippen molar-refractivity contribution in [3.63, 3.8) is 0 Å². The highest BCUT2D eigenvalue weighted by molar-refractivity contribution is 5.38. The fourth-order valence-corrected chi connectivity index (χ4v) is 1.27. The zero-order valence-electron chi connectivity index (χ0n) is 7.44. The minimum absolute atomic E-state index is 0.543. The Morgan fingerprint density at radius 3 is 2.85 bits per heavy atom. The van der Waals surface area contributed by atoms with Crippen molar-refractivity contribution in [2.75, 3.05) is 5.73 Å². The Labute approximate surface area is 76.8 Å². The molecule has 0 bridgehead atoms. The van der Waals surface area contributed by atoms with Gasteiger partial charge in [-0.15, -0.1) is 0 Å². The summed E-state index contributed by atoms with van der Waals surface area (Å²) in [5.41, 5.74) is 7.84. The van der Waals surface area contributed by atoms with Crippen molar-refractivity contribution in [2.24, 2.45) is 0 Å². The smallest absolute Gasteiger partial charge is 0.141 e. The van der Waals surface area contributed by atoms with Crippen molar-refractivity contribution in [2.45, 2.75) is 6.92 Å². The number of aryl methyl sites for hydroxylation is 1. The van der Waals surface area contributed by atoms with Crippen molar-refractivity contribution in [1.82, 2.24) is 9.55 Å². The molecule has 1 heterocycles. The number of nitrogen functional groups attached to an aromatic ring is 1. The van der Waals surface area contributed by atoms with Gasteiger partial charge in [-0.2, -0.15) is 0 Å². The van der Waals surface area contributed by atoms with Crippen LogP contribution < -0.4 is 5.73 Å². The highest BCUT2D eigenvalue weighted by Crippen LogP contribution is 2.10. The number of hydrogen-bond donors (Lipinski definition) is 1. The molecule has 0 saturated carbocycles. The van der Waals surface area contributed by atoms with Gasteiger partial charge in [-0.3, -0.25) is 0 Å². The van der Waals surface area contributed by atoms with Crippen molar-refractivity contribution in [3.8, 4) is 5.69 Å². The maximum atomic E-state index is 5.52. The number of hydrogen-bond acceptors (Lipinski definition) is 2. The quantitative estimate of drug-likeness (QED) is 0.714. The normalized spacial score (nSPS) is 10.2. The molecular formula is C10H11N3. The average Bonchev–Trinajstić information content (AvgIpc) is 2.52. The molecule has 3 nitrogen and oxygen atoms in total. The first-order valence-electron chi connectivity index (χ1n) is 4.12. The summed E-state index contributed by atoms with van der Waals surface area (Å²) in [6.45, 7) is 2.06. The van der Waals surface area contributed by atoms with Gasteiger partial charge < -0.3 is 10.3 Å². The zero-order valence-corrected chi connectivity index (χ0v) is 7.44. The summed E-state index contributed by atoms with van der Waals surface area (Å²) < 4.78 is 1.91. The maximum absolute atomic E-state index is 5.52. The van der Waals surface area contributed by atoms with Crippen molar-refractivity contribution in [3.05, 3.63) is 42.4 Å². The Morgan fingerprint density at radius 1 is 1.38 bits per heavy atom. The second-order valence-electron chi connectivity index (χ2n) is 3.04. The molecule has 1 aromatic heterocycles. The van der Waals surface area contributed by atoms with E-state index in [9.17, 15) is 0 Å². The summed E-state index contributed by atoms with van der Waals surface area (Å²) in [5.74, 6) is 0.543. The van der Waals surface area contributed by atoms with E-state index < -0.39 is 0 Å². The Hall–Kier alpha value is -1.77. The fraction of sp³-hybridized carbons (Fsp3) is 0.100. The molecule has 0 saturated heterocycles. The van der Waals surface area contributed by atoms with Crippen molar-refractivity contribution >= 4 is 5.82 Å². The van der Waals surface area contributed by atoms with E-state index in [4.69, 9.17) is 5.73 Å². The lowest BCUT2D eigenvalue weighted by Crippen LogP contribution is -1.90. The predicted octanol–water partition coefficient (Wildman–Crippen LogP) is 1.76. The van der Waals surface area contributed by atoms with Gasteiger partial charge in [-0.25, -0.2) is 4.98 Å². The van der Waals surface area contributed by atoms with Crippen LogP contribution >= 0.6 is 0 Å². The van der Waals surface area contributed by atoms with Gasteiger partial charge in [0.05, 0.1) is 6.20 Å². The first kappa shape index (κ1) is 7.86. The summed E-state index contributed by atoms with van der Waals surface area (Å²) >= 11 is 0. The number of nitrogens with zero attached hydrogens (tertiary/aromatic N) is 2. The molecule has 0 spiro atoms. The molecule has 0 aliphatic heterocycles. The van der Waals surface area contributed by atoms with E-state index in [-0.39, 0.29) is 0 Å². The first-order valence-corrected chi connectivity index (χ1v) is 4.12. The van der Waals surface area contributed by atoms with Gasteiger partial charge in [0.2, 0.25) is 0 Å². The molecule has 66 valence electrons. The Morgan fingerprint density at radius 2 is 2.23 bits per heavy atom. The minimum atomic E-state index is 0.543. The van der Waals surface area contributed by atoms with Crippen LogP contribution in [0.5, 0.6) is 0 Å².